The van der Waals surface area contributed by atoms with Crippen molar-refractivity contribution in [1.29, 1.82) is 0 Å². The molecule has 1 aliphatic heterocycles. The summed E-state index contributed by atoms with van der Waals surface area (Å²) < 4.78 is 1.78. The molecule has 2 aromatic rings. The summed E-state index contributed by atoms with van der Waals surface area (Å²) in [5, 5.41) is 18.1. The maximum Gasteiger partial charge on any atom is 0.224 e. The molecule has 1 amide bonds. The molecule has 2 N–H and O–H groups in total. The van der Waals surface area contributed by atoms with Gasteiger partial charge in [-0.05, 0) is 26.7 Å². The Morgan fingerprint density at radius 2 is 2.19 bits per heavy atom. The van der Waals surface area contributed by atoms with Crippen LogP contribution in [0.15, 0.2) is 18.6 Å². The summed E-state index contributed by atoms with van der Waals surface area (Å²) in [4.78, 5) is 22.8. The van der Waals surface area contributed by atoms with Crippen molar-refractivity contribution in [1.82, 2.24) is 25.1 Å². The molecule has 1 fully saturated rings. The average molecular weight is 358 g/mol. The number of carbonyl (C=O) groups excluding carboxylic acids is 1. The molecule has 26 heavy (non-hydrogen) atoms. The van der Waals surface area contributed by atoms with Crippen LogP contribution < -0.4 is 10.2 Å². The first kappa shape index (κ1) is 18.3. The van der Waals surface area contributed by atoms with Gasteiger partial charge >= 0.3 is 0 Å². The topological polar surface area (TPSA) is 96.2 Å². The van der Waals surface area contributed by atoms with E-state index >= 15 is 0 Å². The van der Waals surface area contributed by atoms with Crippen LogP contribution in [0.25, 0.3) is 0 Å². The number of nitrogens with zero attached hydrogens (tertiary/aromatic N) is 5. The number of aliphatic hydroxyl groups is 1. The maximum atomic E-state index is 12.4. The zero-order valence-corrected chi connectivity index (χ0v) is 15.6. The fourth-order valence-electron chi connectivity index (χ4n) is 3.47. The number of β-amino-alcohol motifs (C(OH)–C–C–N with tert-alkyl or cyclic N) is 1. The van der Waals surface area contributed by atoms with Gasteiger partial charge in [0.25, 0.3) is 0 Å². The van der Waals surface area contributed by atoms with Gasteiger partial charge in [0.2, 0.25) is 5.91 Å². The van der Waals surface area contributed by atoms with Gasteiger partial charge in [-0.2, -0.15) is 5.10 Å². The third-order valence-electron chi connectivity index (χ3n) is 5.04. The van der Waals surface area contributed by atoms with E-state index in [0.717, 1.165) is 35.7 Å². The minimum Gasteiger partial charge on any atom is -0.386 e. The van der Waals surface area contributed by atoms with Crippen LogP contribution in [0.5, 0.6) is 0 Å². The average Bonchev–Trinajstić information content (AvgIpc) is 2.87. The predicted molar refractivity (Wildman–Crippen MR) is 97.8 cm³/mol. The van der Waals surface area contributed by atoms with Gasteiger partial charge in [-0.15, -0.1) is 0 Å². The standard InChI is InChI=1S/C18H26N6O2/c1-13-15(14(2)23(3)22-13)9-17(25)21-11-18(26)5-4-8-24(12-18)16-10-19-6-7-20-16/h6-7,10,26H,4-5,8-9,11-12H2,1-3H3,(H,21,25). The molecule has 1 aliphatic rings. The third kappa shape index (κ3) is 4.01. The van der Waals surface area contributed by atoms with Crippen LogP contribution in [0.4, 0.5) is 5.82 Å². The Labute approximate surface area is 153 Å². The van der Waals surface area contributed by atoms with E-state index in [1.54, 1.807) is 23.3 Å². The summed E-state index contributed by atoms with van der Waals surface area (Å²) in [6.07, 6.45) is 6.72. The van der Waals surface area contributed by atoms with E-state index in [-0.39, 0.29) is 18.9 Å². The lowest BCUT2D eigenvalue weighted by atomic mass is 9.92. The molecule has 2 aromatic heterocycles. The van der Waals surface area contributed by atoms with E-state index in [4.69, 9.17) is 0 Å². The Morgan fingerprint density at radius 1 is 1.38 bits per heavy atom. The second kappa shape index (κ2) is 7.41. The van der Waals surface area contributed by atoms with Gasteiger partial charge in [-0.3, -0.25) is 14.5 Å². The molecule has 1 atom stereocenters. The molecule has 3 heterocycles. The summed E-state index contributed by atoms with van der Waals surface area (Å²) in [5.74, 6) is 0.646. The van der Waals surface area contributed by atoms with Crippen molar-refractivity contribution in [2.24, 2.45) is 7.05 Å². The second-order valence-corrected chi connectivity index (χ2v) is 7.04. The van der Waals surface area contributed by atoms with E-state index in [1.165, 1.54) is 0 Å². The summed E-state index contributed by atoms with van der Waals surface area (Å²) in [6.45, 7) is 5.33. The van der Waals surface area contributed by atoms with Crippen molar-refractivity contribution >= 4 is 11.7 Å². The predicted octanol–water partition coefficient (Wildman–Crippen LogP) is 0.517. The largest absolute Gasteiger partial charge is 0.386 e. The lowest BCUT2D eigenvalue weighted by Crippen LogP contribution is -2.54. The summed E-state index contributed by atoms with van der Waals surface area (Å²) in [6, 6.07) is 0. The lowest BCUT2D eigenvalue weighted by molar-refractivity contribution is -0.121. The highest BCUT2D eigenvalue weighted by atomic mass is 16.3. The van der Waals surface area contributed by atoms with E-state index in [9.17, 15) is 9.90 Å². The molecule has 0 bridgehead atoms. The number of hydrogen-bond acceptors (Lipinski definition) is 6. The fourth-order valence-corrected chi connectivity index (χ4v) is 3.47. The van der Waals surface area contributed by atoms with Crippen LogP contribution in [0.1, 0.15) is 29.8 Å². The van der Waals surface area contributed by atoms with Gasteiger partial charge in [-0.1, -0.05) is 0 Å². The van der Waals surface area contributed by atoms with Gasteiger partial charge in [0, 0.05) is 50.3 Å². The molecule has 1 saturated heterocycles. The molecular formula is C18H26N6O2. The highest BCUT2D eigenvalue weighted by Gasteiger charge is 2.34. The maximum absolute atomic E-state index is 12.4. The quantitative estimate of drug-likeness (QED) is 0.809. The molecule has 0 saturated carbocycles. The van der Waals surface area contributed by atoms with E-state index in [1.807, 2.05) is 25.8 Å². The van der Waals surface area contributed by atoms with E-state index in [2.05, 4.69) is 20.4 Å². The molecule has 0 aliphatic carbocycles. The van der Waals surface area contributed by atoms with Crippen LogP contribution in [0, 0.1) is 13.8 Å². The van der Waals surface area contributed by atoms with Crippen LogP contribution in [-0.4, -0.2) is 56.0 Å². The molecule has 0 aromatic carbocycles. The molecule has 0 spiro atoms. The fraction of sp³-hybridized carbons (Fsp3) is 0.556. The molecular weight excluding hydrogens is 332 g/mol. The van der Waals surface area contributed by atoms with Crippen molar-refractivity contribution in [3.05, 3.63) is 35.5 Å². The molecule has 8 nitrogen and oxygen atoms in total. The van der Waals surface area contributed by atoms with Crippen molar-refractivity contribution in [3.63, 3.8) is 0 Å². The van der Waals surface area contributed by atoms with Crippen molar-refractivity contribution in [2.75, 3.05) is 24.5 Å². The number of nitrogens with one attached hydrogen (secondary N) is 1. The summed E-state index contributed by atoms with van der Waals surface area (Å²) >= 11 is 0. The van der Waals surface area contributed by atoms with Crippen molar-refractivity contribution in [3.8, 4) is 0 Å². The number of carbonyl (C=O) groups is 1. The first-order valence-electron chi connectivity index (χ1n) is 8.87. The molecule has 140 valence electrons. The number of aryl methyl sites for hydroxylation is 2. The Morgan fingerprint density at radius 3 is 2.85 bits per heavy atom. The van der Waals surface area contributed by atoms with Gasteiger partial charge in [-0.25, -0.2) is 4.98 Å². The van der Waals surface area contributed by atoms with E-state index < -0.39 is 5.60 Å². The van der Waals surface area contributed by atoms with Crippen LogP contribution in [0.3, 0.4) is 0 Å². The minimum atomic E-state index is -0.968. The Bertz CT molecular complexity index is 775. The zero-order chi connectivity index (χ0) is 18.7. The minimum absolute atomic E-state index is 0.103. The summed E-state index contributed by atoms with van der Waals surface area (Å²) in [5.41, 5.74) is 1.83. The Hall–Kier alpha value is -2.48. The monoisotopic (exact) mass is 358 g/mol. The Kier molecular flexibility index (Phi) is 5.22. The number of rotatable bonds is 5. The van der Waals surface area contributed by atoms with Crippen molar-refractivity contribution < 1.29 is 9.90 Å². The number of amides is 1. The highest BCUT2D eigenvalue weighted by Crippen LogP contribution is 2.24. The van der Waals surface area contributed by atoms with Crippen molar-refractivity contribution in [2.45, 2.75) is 38.7 Å². The molecule has 1 unspecified atom stereocenters. The van der Waals surface area contributed by atoms with Gasteiger partial charge in [0.15, 0.2) is 0 Å². The number of hydrogen-bond donors (Lipinski definition) is 2. The first-order valence-corrected chi connectivity index (χ1v) is 8.87. The van der Waals surface area contributed by atoms with Gasteiger partial charge in [0.05, 0.1) is 23.9 Å². The summed E-state index contributed by atoms with van der Waals surface area (Å²) in [7, 11) is 1.87. The van der Waals surface area contributed by atoms with Gasteiger partial charge in [0.1, 0.15) is 5.82 Å². The molecule has 8 heteroatoms. The number of anilines is 1. The third-order valence-corrected chi connectivity index (χ3v) is 5.04. The Balaban J connectivity index is 1.58. The van der Waals surface area contributed by atoms with Crippen LogP contribution >= 0.6 is 0 Å². The second-order valence-electron chi connectivity index (χ2n) is 7.04. The first-order chi connectivity index (χ1) is 12.4. The SMILES string of the molecule is Cc1nn(C)c(C)c1CC(=O)NCC1(O)CCCN(c2cnccn2)C1. The number of piperidine rings is 1. The lowest BCUT2D eigenvalue weighted by Gasteiger charge is -2.39. The molecule has 3 rings (SSSR count). The van der Waals surface area contributed by atoms with Crippen LogP contribution in [-0.2, 0) is 18.3 Å². The normalized spacial score (nSPS) is 20.2. The van der Waals surface area contributed by atoms with E-state index in [0.29, 0.717) is 13.0 Å². The number of aromatic nitrogens is 4. The highest BCUT2D eigenvalue weighted by molar-refractivity contribution is 5.79. The smallest absolute Gasteiger partial charge is 0.224 e. The molecule has 0 radical (unpaired) electrons. The van der Waals surface area contributed by atoms with Crippen LogP contribution in [0.2, 0.25) is 0 Å². The zero-order valence-electron chi connectivity index (χ0n) is 15.6. The van der Waals surface area contributed by atoms with Gasteiger partial charge < -0.3 is 15.3 Å².